The van der Waals surface area contributed by atoms with Gasteiger partial charge in [-0.05, 0) is 23.6 Å². The van der Waals surface area contributed by atoms with Crippen LogP contribution in [-0.4, -0.2) is 31.5 Å². The summed E-state index contributed by atoms with van der Waals surface area (Å²) in [5.41, 5.74) is 0.744. The predicted molar refractivity (Wildman–Crippen MR) is 85.3 cm³/mol. The van der Waals surface area contributed by atoms with Crippen molar-refractivity contribution in [3.05, 3.63) is 46.7 Å². The van der Waals surface area contributed by atoms with Gasteiger partial charge in [-0.25, -0.2) is 0 Å². The van der Waals surface area contributed by atoms with Gasteiger partial charge in [0.2, 0.25) is 5.91 Å². The number of ether oxygens (including phenoxy) is 1. The van der Waals surface area contributed by atoms with E-state index in [0.29, 0.717) is 12.2 Å². The first-order valence-electron chi connectivity index (χ1n) is 6.97. The number of rotatable bonds is 4. The summed E-state index contributed by atoms with van der Waals surface area (Å²) in [5.74, 6) is 0.387. The van der Waals surface area contributed by atoms with E-state index in [2.05, 4.69) is 5.32 Å². The molecule has 1 N–H and O–H groups in total. The molecule has 3 rings (SSSR count). The number of carbonyl (C=O) groups is 2. The minimum atomic E-state index is -0.688. The highest BCUT2D eigenvalue weighted by Gasteiger charge is 2.32. The zero-order chi connectivity index (χ0) is 15.5. The Morgan fingerprint density at radius 2 is 2.14 bits per heavy atom. The van der Waals surface area contributed by atoms with Crippen molar-refractivity contribution in [2.24, 2.45) is 0 Å². The third-order valence-electron chi connectivity index (χ3n) is 3.50. The molecule has 114 valence electrons. The quantitative estimate of drug-likeness (QED) is 0.936. The minimum Gasteiger partial charge on any atom is -0.477 e. The Balaban J connectivity index is 1.61. The standard InChI is InChI=1S/C16H16N2O3S/c1-18-12-6-2-3-7-13(12)21-14(16(18)20)10-17-15(19)9-11-5-4-8-22-11/h2-8,14H,9-10H2,1H3,(H,17,19). The van der Waals surface area contributed by atoms with Crippen molar-refractivity contribution in [1.82, 2.24) is 5.32 Å². The van der Waals surface area contributed by atoms with E-state index in [1.807, 2.05) is 41.8 Å². The number of nitrogens with one attached hydrogen (secondary N) is 1. The molecule has 1 aromatic carbocycles. The molecule has 1 unspecified atom stereocenters. The first-order valence-corrected chi connectivity index (χ1v) is 7.85. The number of thiophene rings is 1. The number of hydrogen-bond donors (Lipinski definition) is 1. The summed E-state index contributed by atoms with van der Waals surface area (Å²) in [6.07, 6.45) is -0.363. The Morgan fingerprint density at radius 3 is 2.91 bits per heavy atom. The molecule has 5 nitrogen and oxygen atoms in total. The van der Waals surface area contributed by atoms with Gasteiger partial charge in [0.15, 0.2) is 6.10 Å². The second-order valence-corrected chi connectivity index (χ2v) is 6.06. The zero-order valence-electron chi connectivity index (χ0n) is 12.1. The lowest BCUT2D eigenvalue weighted by molar-refractivity contribution is -0.126. The maximum absolute atomic E-state index is 12.3. The highest BCUT2D eigenvalue weighted by Crippen LogP contribution is 2.32. The van der Waals surface area contributed by atoms with Crippen molar-refractivity contribution in [2.45, 2.75) is 12.5 Å². The smallest absolute Gasteiger partial charge is 0.269 e. The van der Waals surface area contributed by atoms with E-state index < -0.39 is 6.10 Å². The zero-order valence-corrected chi connectivity index (χ0v) is 12.9. The minimum absolute atomic E-state index is 0.111. The topological polar surface area (TPSA) is 58.6 Å². The Kier molecular flexibility index (Phi) is 4.11. The Morgan fingerprint density at radius 1 is 1.32 bits per heavy atom. The maximum Gasteiger partial charge on any atom is 0.269 e. The van der Waals surface area contributed by atoms with Crippen molar-refractivity contribution < 1.29 is 14.3 Å². The second kappa shape index (κ2) is 6.19. The molecule has 0 fully saturated rings. The normalized spacial score (nSPS) is 16.9. The predicted octanol–water partition coefficient (Wildman–Crippen LogP) is 1.83. The SMILES string of the molecule is CN1C(=O)C(CNC(=O)Cc2cccs2)Oc2ccccc21. The summed E-state index contributed by atoms with van der Waals surface area (Å²) < 4.78 is 5.70. The number of fused-ring (bicyclic) bond motifs is 1. The number of carbonyl (C=O) groups excluding carboxylic acids is 2. The van der Waals surface area contributed by atoms with E-state index >= 15 is 0 Å². The van der Waals surface area contributed by atoms with Crippen molar-refractivity contribution in [2.75, 3.05) is 18.5 Å². The number of para-hydroxylation sites is 2. The van der Waals surface area contributed by atoms with E-state index in [-0.39, 0.29) is 18.4 Å². The van der Waals surface area contributed by atoms with Gasteiger partial charge in [-0.1, -0.05) is 18.2 Å². The van der Waals surface area contributed by atoms with Crippen LogP contribution in [0.5, 0.6) is 5.75 Å². The van der Waals surface area contributed by atoms with Gasteiger partial charge in [-0.2, -0.15) is 0 Å². The summed E-state index contributed by atoms with van der Waals surface area (Å²) in [4.78, 5) is 26.7. The van der Waals surface area contributed by atoms with Crippen LogP contribution in [0.1, 0.15) is 4.88 Å². The van der Waals surface area contributed by atoms with E-state index in [0.717, 1.165) is 10.6 Å². The first kappa shape index (κ1) is 14.6. The van der Waals surface area contributed by atoms with E-state index in [4.69, 9.17) is 4.74 Å². The number of nitrogens with zero attached hydrogens (tertiary/aromatic N) is 1. The van der Waals surface area contributed by atoms with Crippen molar-refractivity contribution in [1.29, 1.82) is 0 Å². The van der Waals surface area contributed by atoms with Crippen LogP contribution in [0.15, 0.2) is 41.8 Å². The Hall–Kier alpha value is -2.34. The van der Waals surface area contributed by atoms with Crippen LogP contribution in [0.3, 0.4) is 0 Å². The van der Waals surface area contributed by atoms with Gasteiger partial charge in [-0.3, -0.25) is 9.59 Å². The third-order valence-corrected chi connectivity index (χ3v) is 4.38. The van der Waals surface area contributed by atoms with E-state index in [1.54, 1.807) is 11.9 Å². The van der Waals surface area contributed by atoms with Crippen LogP contribution in [-0.2, 0) is 16.0 Å². The average molecular weight is 316 g/mol. The van der Waals surface area contributed by atoms with Gasteiger partial charge in [0, 0.05) is 11.9 Å². The molecule has 0 saturated carbocycles. The highest BCUT2D eigenvalue weighted by molar-refractivity contribution is 7.10. The fraction of sp³-hybridized carbons (Fsp3) is 0.250. The van der Waals surface area contributed by atoms with Gasteiger partial charge in [0.1, 0.15) is 5.75 Å². The van der Waals surface area contributed by atoms with Gasteiger partial charge in [-0.15, -0.1) is 11.3 Å². The number of anilines is 1. The average Bonchev–Trinajstić information content (AvgIpc) is 3.02. The van der Waals surface area contributed by atoms with E-state index in [1.165, 1.54) is 11.3 Å². The summed E-state index contributed by atoms with van der Waals surface area (Å²) >= 11 is 1.54. The van der Waals surface area contributed by atoms with Gasteiger partial charge in [0.25, 0.3) is 5.91 Å². The Labute approximate surface area is 132 Å². The number of benzene rings is 1. The van der Waals surface area contributed by atoms with Gasteiger partial charge in [0.05, 0.1) is 18.7 Å². The molecular weight excluding hydrogens is 300 g/mol. The molecule has 2 amide bonds. The largest absolute Gasteiger partial charge is 0.477 e. The lowest BCUT2D eigenvalue weighted by Gasteiger charge is -2.31. The van der Waals surface area contributed by atoms with Crippen LogP contribution < -0.4 is 15.0 Å². The van der Waals surface area contributed by atoms with Crippen LogP contribution in [0.4, 0.5) is 5.69 Å². The molecular formula is C16H16N2O3S. The molecule has 0 saturated heterocycles. The second-order valence-electron chi connectivity index (χ2n) is 5.03. The first-order chi connectivity index (χ1) is 10.6. The molecule has 0 bridgehead atoms. The van der Waals surface area contributed by atoms with Gasteiger partial charge < -0.3 is 15.0 Å². The molecule has 6 heteroatoms. The summed E-state index contributed by atoms with van der Waals surface area (Å²) in [6, 6.07) is 11.2. The lowest BCUT2D eigenvalue weighted by atomic mass is 10.2. The molecule has 1 aliphatic rings. The van der Waals surface area contributed by atoms with Crippen molar-refractivity contribution >= 4 is 28.8 Å². The summed E-state index contributed by atoms with van der Waals surface area (Å²) in [5, 5.41) is 4.70. The molecule has 0 spiro atoms. The Bertz CT molecular complexity index is 684. The molecule has 2 heterocycles. The number of amides is 2. The summed E-state index contributed by atoms with van der Waals surface area (Å²) in [7, 11) is 1.71. The summed E-state index contributed by atoms with van der Waals surface area (Å²) in [6.45, 7) is 0.168. The molecule has 1 aliphatic heterocycles. The monoisotopic (exact) mass is 316 g/mol. The van der Waals surface area contributed by atoms with Crippen molar-refractivity contribution in [3.63, 3.8) is 0 Å². The van der Waals surface area contributed by atoms with Crippen LogP contribution in [0, 0.1) is 0 Å². The molecule has 1 aromatic heterocycles. The molecule has 0 radical (unpaired) electrons. The fourth-order valence-corrected chi connectivity index (χ4v) is 3.05. The number of likely N-dealkylation sites (N-methyl/N-ethyl adjacent to an activating group) is 1. The molecule has 22 heavy (non-hydrogen) atoms. The van der Waals surface area contributed by atoms with E-state index in [9.17, 15) is 9.59 Å². The van der Waals surface area contributed by atoms with Crippen LogP contribution in [0.25, 0.3) is 0 Å². The number of hydrogen-bond acceptors (Lipinski definition) is 4. The molecule has 1 atom stereocenters. The lowest BCUT2D eigenvalue weighted by Crippen LogP contribution is -2.49. The van der Waals surface area contributed by atoms with Gasteiger partial charge >= 0.3 is 0 Å². The molecule has 0 aliphatic carbocycles. The van der Waals surface area contributed by atoms with Crippen molar-refractivity contribution in [3.8, 4) is 5.75 Å². The molecule has 2 aromatic rings. The maximum atomic E-state index is 12.3. The highest BCUT2D eigenvalue weighted by atomic mass is 32.1. The fourth-order valence-electron chi connectivity index (χ4n) is 2.34. The third kappa shape index (κ3) is 2.96. The van der Waals surface area contributed by atoms with Crippen LogP contribution in [0.2, 0.25) is 0 Å². The van der Waals surface area contributed by atoms with Crippen LogP contribution >= 0.6 is 11.3 Å².